The molecule has 0 atom stereocenters. The average molecular weight is 327 g/mol. The third-order valence-electron chi connectivity index (χ3n) is 2.38. The van der Waals surface area contributed by atoms with E-state index in [0.717, 1.165) is 9.35 Å². The molecule has 2 rings (SSSR count). The van der Waals surface area contributed by atoms with Gasteiger partial charge in [-0.2, -0.15) is 0 Å². The molecule has 0 aliphatic carbocycles. The second kappa shape index (κ2) is 5.49. The molecule has 0 saturated heterocycles. The van der Waals surface area contributed by atoms with Crippen LogP contribution in [0.5, 0.6) is 5.75 Å². The van der Waals surface area contributed by atoms with Crippen molar-refractivity contribution in [3.05, 3.63) is 44.8 Å². The Bertz CT molecular complexity index is 571. The summed E-state index contributed by atoms with van der Waals surface area (Å²) >= 11 is 4.95. The van der Waals surface area contributed by atoms with E-state index >= 15 is 0 Å². The molecule has 94 valence electrons. The van der Waals surface area contributed by atoms with E-state index in [1.807, 2.05) is 11.4 Å². The van der Waals surface area contributed by atoms with Crippen molar-refractivity contribution >= 4 is 33.2 Å². The third-order valence-corrected chi connectivity index (χ3v) is 3.93. The summed E-state index contributed by atoms with van der Waals surface area (Å²) < 4.78 is 1.03. The number of carbonyl (C=O) groups is 1. The first-order valence-corrected chi connectivity index (χ1v) is 6.87. The molecular weight excluding hydrogens is 316 g/mol. The fourth-order valence-electron chi connectivity index (χ4n) is 1.52. The van der Waals surface area contributed by atoms with Gasteiger partial charge in [-0.05, 0) is 45.1 Å². The summed E-state index contributed by atoms with van der Waals surface area (Å²) in [6, 6.07) is 5.00. The topological polar surface area (TPSA) is 53.4 Å². The number of halogens is 1. The SMILES string of the molecule is CN(Cc1csc(Br)c1)C(=O)c1ncccc1O. The molecule has 0 spiro atoms. The van der Waals surface area contributed by atoms with Gasteiger partial charge in [0.1, 0.15) is 5.75 Å². The van der Waals surface area contributed by atoms with Crippen molar-refractivity contribution in [2.45, 2.75) is 6.54 Å². The fraction of sp³-hybridized carbons (Fsp3) is 0.167. The van der Waals surface area contributed by atoms with Crippen LogP contribution < -0.4 is 0 Å². The van der Waals surface area contributed by atoms with Gasteiger partial charge in [-0.25, -0.2) is 4.98 Å². The number of aromatic hydroxyl groups is 1. The van der Waals surface area contributed by atoms with E-state index in [9.17, 15) is 9.90 Å². The number of nitrogens with zero attached hydrogens (tertiary/aromatic N) is 2. The largest absolute Gasteiger partial charge is 0.505 e. The second-order valence-electron chi connectivity index (χ2n) is 3.79. The Hall–Kier alpha value is -1.40. The summed E-state index contributed by atoms with van der Waals surface area (Å²) in [4.78, 5) is 17.5. The number of amides is 1. The number of hydrogen-bond acceptors (Lipinski definition) is 4. The van der Waals surface area contributed by atoms with Gasteiger partial charge in [0, 0.05) is 19.8 Å². The molecule has 4 nitrogen and oxygen atoms in total. The van der Waals surface area contributed by atoms with Crippen molar-refractivity contribution in [2.24, 2.45) is 0 Å². The summed E-state index contributed by atoms with van der Waals surface area (Å²) in [7, 11) is 1.68. The zero-order valence-corrected chi connectivity index (χ0v) is 12.0. The fourth-order valence-corrected chi connectivity index (χ4v) is 2.72. The van der Waals surface area contributed by atoms with Gasteiger partial charge in [0.25, 0.3) is 5.91 Å². The molecule has 2 heterocycles. The number of rotatable bonds is 3. The summed E-state index contributed by atoms with van der Waals surface area (Å²) in [5.74, 6) is -0.392. The minimum Gasteiger partial charge on any atom is -0.505 e. The van der Waals surface area contributed by atoms with Gasteiger partial charge in [0.05, 0.1) is 3.79 Å². The van der Waals surface area contributed by atoms with Crippen LogP contribution in [0.4, 0.5) is 0 Å². The molecule has 18 heavy (non-hydrogen) atoms. The maximum absolute atomic E-state index is 12.1. The molecule has 0 aliphatic rings. The Morgan fingerprint density at radius 3 is 3.00 bits per heavy atom. The molecule has 0 aliphatic heterocycles. The summed E-state index contributed by atoms with van der Waals surface area (Å²) in [5.41, 5.74) is 1.12. The predicted molar refractivity (Wildman–Crippen MR) is 73.7 cm³/mol. The minimum absolute atomic E-state index is 0.0781. The molecule has 6 heteroatoms. The highest BCUT2D eigenvalue weighted by atomic mass is 79.9. The lowest BCUT2D eigenvalue weighted by molar-refractivity contribution is 0.0776. The van der Waals surface area contributed by atoms with Gasteiger partial charge in [0.2, 0.25) is 0 Å². The van der Waals surface area contributed by atoms with E-state index in [-0.39, 0.29) is 17.4 Å². The molecule has 0 unspecified atom stereocenters. The van der Waals surface area contributed by atoms with E-state index < -0.39 is 0 Å². The Morgan fingerprint density at radius 2 is 2.39 bits per heavy atom. The lowest BCUT2D eigenvalue weighted by atomic mass is 10.2. The molecule has 2 aromatic heterocycles. The molecular formula is C12H11BrN2O2S. The number of carbonyl (C=O) groups excluding carboxylic acids is 1. The van der Waals surface area contributed by atoms with Gasteiger partial charge in [-0.15, -0.1) is 11.3 Å². The van der Waals surface area contributed by atoms with Gasteiger partial charge in [-0.3, -0.25) is 4.79 Å². The predicted octanol–water partition coefficient (Wildman–Crippen LogP) is 2.88. The standard InChI is InChI=1S/C12H11BrN2O2S/c1-15(6-8-5-10(13)18-7-8)12(17)11-9(16)3-2-4-14-11/h2-5,7,16H,6H2,1H3. The van der Waals surface area contributed by atoms with E-state index in [2.05, 4.69) is 20.9 Å². The molecule has 0 bridgehead atoms. The van der Waals surface area contributed by atoms with Gasteiger partial charge < -0.3 is 10.0 Å². The summed E-state index contributed by atoms with van der Waals surface area (Å²) in [6.45, 7) is 0.483. The summed E-state index contributed by atoms with van der Waals surface area (Å²) in [5, 5.41) is 11.6. The van der Waals surface area contributed by atoms with Crippen LogP contribution in [-0.2, 0) is 6.54 Å². The zero-order valence-electron chi connectivity index (χ0n) is 9.63. The highest BCUT2D eigenvalue weighted by Crippen LogP contribution is 2.22. The Morgan fingerprint density at radius 1 is 1.61 bits per heavy atom. The van der Waals surface area contributed by atoms with Crippen molar-refractivity contribution in [1.82, 2.24) is 9.88 Å². The van der Waals surface area contributed by atoms with Crippen LogP contribution in [0.3, 0.4) is 0 Å². The first kappa shape index (κ1) is 13.0. The monoisotopic (exact) mass is 326 g/mol. The Labute approximate surface area is 117 Å². The lowest BCUT2D eigenvalue weighted by Gasteiger charge is -2.16. The normalized spacial score (nSPS) is 10.3. The Balaban J connectivity index is 2.12. The number of thiophene rings is 1. The molecule has 0 fully saturated rings. The van der Waals surface area contributed by atoms with Crippen LogP contribution in [-0.4, -0.2) is 27.9 Å². The quantitative estimate of drug-likeness (QED) is 0.943. The van der Waals surface area contributed by atoms with Crippen LogP contribution in [0.15, 0.2) is 33.6 Å². The van der Waals surface area contributed by atoms with Crippen LogP contribution >= 0.6 is 27.3 Å². The van der Waals surface area contributed by atoms with Crippen molar-refractivity contribution < 1.29 is 9.90 Å². The number of hydrogen-bond donors (Lipinski definition) is 1. The molecule has 2 aromatic rings. The highest BCUT2D eigenvalue weighted by Gasteiger charge is 2.17. The maximum atomic E-state index is 12.1. The van der Waals surface area contributed by atoms with Gasteiger partial charge >= 0.3 is 0 Å². The van der Waals surface area contributed by atoms with Crippen LogP contribution in [0.2, 0.25) is 0 Å². The lowest BCUT2D eigenvalue weighted by Crippen LogP contribution is -2.26. The van der Waals surface area contributed by atoms with Crippen molar-refractivity contribution in [3.8, 4) is 5.75 Å². The van der Waals surface area contributed by atoms with E-state index in [1.54, 1.807) is 24.5 Å². The zero-order chi connectivity index (χ0) is 13.1. The maximum Gasteiger partial charge on any atom is 0.276 e. The molecule has 0 saturated carbocycles. The van der Waals surface area contributed by atoms with Crippen molar-refractivity contribution in [1.29, 1.82) is 0 Å². The first-order chi connectivity index (χ1) is 8.58. The molecule has 1 N–H and O–H groups in total. The van der Waals surface area contributed by atoms with E-state index in [4.69, 9.17) is 0 Å². The van der Waals surface area contributed by atoms with Crippen molar-refractivity contribution in [2.75, 3.05) is 7.05 Å². The Kier molecular flexibility index (Phi) is 3.98. The minimum atomic E-state index is -0.296. The molecule has 1 amide bonds. The van der Waals surface area contributed by atoms with Crippen molar-refractivity contribution in [3.63, 3.8) is 0 Å². The first-order valence-electron chi connectivity index (χ1n) is 5.20. The van der Waals surface area contributed by atoms with Gasteiger partial charge in [0.15, 0.2) is 5.69 Å². The van der Waals surface area contributed by atoms with E-state index in [0.29, 0.717) is 6.54 Å². The highest BCUT2D eigenvalue weighted by molar-refractivity contribution is 9.11. The number of pyridine rings is 1. The van der Waals surface area contributed by atoms with E-state index in [1.165, 1.54) is 17.2 Å². The van der Waals surface area contributed by atoms with Gasteiger partial charge in [-0.1, -0.05) is 0 Å². The molecule has 0 radical (unpaired) electrons. The smallest absolute Gasteiger partial charge is 0.276 e. The average Bonchev–Trinajstić information content (AvgIpc) is 2.74. The van der Waals surface area contributed by atoms with Crippen LogP contribution in [0.25, 0.3) is 0 Å². The summed E-state index contributed by atoms with van der Waals surface area (Å²) in [6.07, 6.45) is 1.49. The number of aromatic nitrogens is 1. The molecule has 0 aromatic carbocycles. The van der Waals surface area contributed by atoms with Crippen LogP contribution in [0.1, 0.15) is 16.1 Å². The van der Waals surface area contributed by atoms with Crippen LogP contribution in [0, 0.1) is 0 Å². The second-order valence-corrected chi connectivity index (χ2v) is 6.08. The third kappa shape index (κ3) is 2.88.